The molecule has 1 saturated heterocycles. The molecule has 5 nitrogen and oxygen atoms in total. The predicted octanol–water partition coefficient (Wildman–Crippen LogP) is 0.104. The summed E-state index contributed by atoms with van der Waals surface area (Å²) in [4.78, 5) is 12.0. The van der Waals surface area contributed by atoms with E-state index in [1.165, 1.54) is 4.90 Å². The van der Waals surface area contributed by atoms with Gasteiger partial charge >= 0.3 is 6.09 Å². The number of hydrogen-bond acceptors (Lipinski definition) is 3. The van der Waals surface area contributed by atoms with Crippen LogP contribution in [0.25, 0.3) is 0 Å². The van der Waals surface area contributed by atoms with Crippen LogP contribution in [0, 0.1) is 0 Å². The number of ether oxygens (including phenoxy) is 1. The Morgan fingerprint density at radius 1 is 1.69 bits per heavy atom. The van der Waals surface area contributed by atoms with E-state index >= 15 is 0 Å². The molecule has 0 aromatic heterocycles. The van der Waals surface area contributed by atoms with Crippen molar-refractivity contribution in [2.45, 2.75) is 18.9 Å². The summed E-state index contributed by atoms with van der Waals surface area (Å²) >= 11 is 0. The quantitative estimate of drug-likeness (QED) is 0.658. The van der Waals surface area contributed by atoms with Crippen LogP contribution >= 0.6 is 0 Å². The SMILES string of the molecule is NCCC[C@H]1CN(C(=O)O)CCO1. The molecule has 0 radical (unpaired) electrons. The number of rotatable bonds is 3. The van der Waals surface area contributed by atoms with Crippen LogP contribution in [0.15, 0.2) is 0 Å². The average molecular weight is 188 g/mol. The van der Waals surface area contributed by atoms with E-state index in [1.807, 2.05) is 0 Å². The molecule has 0 saturated carbocycles. The number of amides is 1. The molecule has 0 spiro atoms. The normalized spacial score (nSPS) is 23.2. The van der Waals surface area contributed by atoms with Gasteiger partial charge in [0.2, 0.25) is 0 Å². The highest BCUT2D eigenvalue weighted by Crippen LogP contribution is 2.09. The Balaban J connectivity index is 2.29. The Hall–Kier alpha value is -0.810. The lowest BCUT2D eigenvalue weighted by molar-refractivity contribution is -0.0257. The highest BCUT2D eigenvalue weighted by atomic mass is 16.5. The molecule has 1 fully saturated rings. The highest BCUT2D eigenvalue weighted by molar-refractivity contribution is 5.65. The van der Waals surface area contributed by atoms with Crippen molar-refractivity contribution in [3.63, 3.8) is 0 Å². The zero-order valence-corrected chi connectivity index (χ0v) is 7.61. The Morgan fingerprint density at radius 3 is 3.08 bits per heavy atom. The van der Waals surface area contributed by atoms with Crippen LogP contribution in [0.4, 0.5) is 4.79 Å². The minimum absolute atomic E-state index is 0.0356. The molecule has 5 heteroatoms. The van der Waals surface area contributed by atoms with Crippen molar-refractivity contribution in [1.82, 2.24) is 4.90 Å². The fraction of sp³-hybridized carbons (Fsp3) is 0.875. The van der Waals surface area contributed by atoms with E-state index in [9.17, 15) is 4.79 Å². The van der Waals surface area contributed by atoms with E-state index in [1.54, 1.807) is 0 Å². The molecule has 76 valence electrons. The molecule has 3 N–H and O–H groups in total. The van der Waals surface area contributed by atoms with E-state index < -0.39 is 6.09 Å². The maximum Gasteiger partial charge on any atom is 0.407 e. The first-order valence-electron chi connectivity index (χ1n) is 4.53. The molecular formula is C8H16N2O3. The summed E-state index contributed by atoms with van der Waals surface area (Å²) < 4.78 is 5.40. The smallest absolute Gasteiger partial charge is 0.407 e. The van der Waals surface area contributed by atoms with Crippen molar-refractivity contribution >= 4 is 6.09 Å². The number of nitrogens with zero attached hydrogens (tertiary/aromatic N) is 1. The Labute approximate surface area is 77.5 Å². The number of carbonyl (C=O) groups is 1. The van der Waals surface area contributed by atoms with Gasteiger partial charge in [-0.3, -0.25) is 0 Å². The number of morpholine rings is 1. The van der Waals surface area contributed by atoms with E-state index in [0.29, 0.717) is 26.2 Å². The molecule has 1 aliphatic heterocycles. The standard InChI is InChI=1S/C8H16N2O3/c9-3-1-2-7-6-10(8(11)12)4-5-13-7/h7H,1-6,9H2,(H,11,12)/t7-/m0/s1. The summed E-state index contributed by atoms with van der Waals surface area (Å²) in [5.41, 5.74) is 5.35. The van der Waals surface area contributed by atoms with Gasteiger partial charge in [-0.25, -0.2) is 4.79 Å². The Kier molecular flexibility index (Phi) is 3.98. The molecule has 1 rings (SSSR count). The van der Waals surface area contributed by atoms with Gasteiger partial charge in [-0.1, -0.05) is 0 Å². The summed E-state index contributed by atoms with van der Waals surface area (Å²) in [6.45, 7) is 2.10. The molecule has 0 aromatic rings. The van der Waals surface area contributed by atoms with Crippen molar-refractivity contribution in [1.29, 1.82) is 0 Å². The first-order valence-corrected chi connectivity index (χ1v) is 4.53. The van der Waals surface area contributed by atoms with Crippen LogP contribution < -0.4 is 5.73 Å². The zero-order valence-electron chi connectivity index (χ0n) is 7.61. The van der Waals surface area contributed by atoms with Crippen LogP contribution in [0.1, 0.15) is 12.8 Å². The lowest BCUT2D eigenvalue weighted by Gasteiger charge is -2.30. The number of hydrogen-bond donors (Lipinski definition) is 2. The van der Waals surface area contributed by atoms with Gasteiger partial charge in [0.15, 0.2) is 0 Å². The molecule has 1 amide bonds. The number of nitrogens with two attached hydrogens (primary N) is 1. The van der Waals surface area contributed by atoms with Gasteiger partial charge in [-0.05, 0) is 19.4 Å². The molecule has 0 bridgehead atoms. The molecule has 13 heavy (non-hydrogen) atoms. The van der Waals surface area contributed by atoms with Gasteiger partial charge in [0.25, 0.3) is 0 Å². The van der Waals surface area contributed by atoms with E-state index in [4.69, 9.17) is 15.6 Å². The molecule has 1 heterocycles. The second-order valence-electron chi connectivity index (χ2n) is 3.15. The summed E-state index contributed by atoms with van der Waals surface area (Å²) in [6, 6.07) is 0. The monoisotopic (exact) mass is 188 g/mol. The molecule has 1 atom stereocenters. The molecule has 0 aromatic carbocycles. The van der Waals surface area contributed by atoms with Crippen LogP contribution in [-0.2, 0) is 4.74 Å². The fourth-order valence-corrected chi connectivity index (χ4v) is 1.41. The van der Waals surface area contributed by atoms with Crippen molar-refractivity contribution in [2.24, 2.45) is 5.73 Å². The van der Waals surface area contributed by atoms with Crippen molar-refractivity contribution in [2.75, 3.05) is 26.2 Å². The van der Waals surface area contributed by atoms with Crippen molar-refractivity contribution in [3.05, 3.63) is 0 Å². The molecule has 0 aliphatic carbocycles. The van der Waals surface area contributed by atoms with Crippen molar-refractivity contribution < 1.29 is 14.6 Å². The predicted molar refractivity (Wildman–Crippen MR) is 47.6 cm³/mol. The van der Waals surface area contributed by atoms with Gasteiger partial charge < -0.3 is 20.5 Å². The average Bonchev–Trinajstić information content (AvgIpc) is 2.15. The summed E-state index contributed by atoms with van der Waals surface area (Å²) in [5, 5.41) is 8.73. The summed E-state index contributed by atoms with van der Waals surface area (Å²) in [5.74, 6) is 0. The lowest BCUT2D eigenvalue weighted by atomic mass is 10.1. The second kappa shape index (κ2) is 5.04. The highest BCUT2D eigenvalue weighted by Gasteiger charge is 2.22. The Morgan fingerprint density at radius 2 is 2.46 bits per heavy atom. The molecular weight excluding hydrogens is 172 g/mol. The first-order chi connectivity index (χ1) is 6.24. The van der Waals surface area contributed by atoms with Gasteiger partial charge in [0, 0.05) is 6.54 Å². The van der Waals surface area contributed by atoms with Crippen LogP contribution in [0.3, 0.4) is 0 Å². The van der Waals surface area contributed by atoms with Gasteiger partial charge in [-0.2, -0.15) is 0 Å². The van der Waals surface area contributed by atoms with Crippen LogP contribution in [0.5, 0.6) is 0 Å². The topological polar surface area (TPSA) is 75.8 Å². The molecule has 0 unspecified atom stereocenters. The second-order valence-corrected chi connectivity index (χ2v) is 3.15. The van der Waals surface area contributed by atoms with E-state index in [2.05, 4.69) is 0 Å². The van der Waals surface area contributed by atoms with Gasteiger partial charge in [0.05, 0.1) is 19.3 Å². The van der Waals surface area contributed by atoms with Crippen LogP contribution in [-0.4, -0.2) is 48.4 Å². The number of carboxylic acid groups (broad SMARTS) is 1. The minimum Gasteiger partial charge on any atom is -0.465 e. The van der Waals surface area contributed by atoms with Gasteiger partial charge in [-0.15, -0.1) is 0 Å². The van der Waals surface area contributed by atoms with E-state index in [-0.39, 0.29) is 6.10 Å². The Bertz CT molecular complexity index is 175. The van der Waals surface area contributed by atoms with Gasteiger partial charge in [0.1, 0.15) is 0 Å². The third-order valence-corrected chi connectivity index (χ3v) is 2.14. The summed E-state index contributed by atoms with van der Waals surface area (Å²) in [7, 11) is 0. The maximum atomic E-state index is 10.6. The third kappa shape index (κ3) is 3.20. The zero-order chi connectivity index (χ0) is 9.68. The maximum absolute atomic E-state index is 10.6. The third-order valence-electron chi connectivity index (χ3n) is 2.14. The van der Waals surface area contributed by atoms with Crippen molar-refractivity contribution in [3.8, 4) is 0 Å². The summed E-state index contributed by atoms with van der Waals surface area (Å²) in [6.07, 6.45) is 0.910. The van der Waals surface area contributed by atoms with E-state index in [0.717, 1.165) is 12.8 Å². The fourth-order valence-electron chi connectivity index (χ4n) is 1.41. The minimum atomic E-state index is -0.860. The first kappa shape index (κ1) is 10.3. The molecule has 1 aliphatic rings. The largest absolute Gasteiger partial charge is 0.465 e. The lowest BCUT2D eigenvalue weighted by Crippen LogP contribution is -2.45. The van der Waals surface area contributed by atoms with Crippen LogP contribution in [0.2, 0.25) is 0 Å².